The number of esters is 1. The van der Waals surface area contributed by atoms with Crippen LogP contribution in [0, 0.1) is 6.92 Å². The number of carbonyl (C=O) groups excluding carboxylic acids is 1. The summed E-state index contributed by atoms with van der Waals surface area (Å²) in [5, 5.41) is 0. The van der Waals surface area contributed by atoms with Gasteiger partial charge in [0, 0.05) is 0 Å². The van der Waals surface area contributed by atoms with Crippen molar-refractivity contribution in [1.29, 1.82) is 0 Å². The molecule has 15 heavy (non-hydrogen) atoms. The Kier molecular flexibility index (Phi) is 4.10. The van der Waals surface area contributed by atoms with Crippen LogP contribution < -0.4 is 0 Å². The summed E-state index contributed by atoms with van der Waals surface area (Å²) in [5.41, 5.74) is 2.82. The second-order valence-electron chi connectivity index (χ2n) is 3.75. The van der Waals surface area contributed by atoms with E-state index in [-0.39, 0.29) is 5.97 Å². The molecule has 0 aliphatic rings. The van der Waals surface area contributed by atoms with Crippen LogP contribution in [0.4, 0.5) is 0 Å². The number of benzene rings is 1. The third kappa shape index (κ3) is 3.98. The van der Waals surface area contributed by atoms with Crippen molar-refractivity contribution >= 4 is 5.97 Å². The van der Waals surface area contributed by atoms with Gasteiger partial charge >= 0.3 is 5.97 Å². The minimum Gasteiger partial charge on any atom is -0.458 e. The lowest BCUT2D eigenvalue weighted by atomic mass is 10.1. The summed E-state index contributed by atoms with van der Waals surface area (Å²) in [5.74, 6) is -0.267. The summed E-state index contributed by atoms with van der Waals surface area (Å²) in [4.78, 5) is 11.5. The van der Waals surface area contributed by atoms with E-state index in [0.717, 1.165) is 11.1 Å². The van der Waals surface area contributed by atoms with E-state index in [9.17, 15) is 4.79 Å². The summed E-state index contributed by atoms with van der Waals surface area (Å²) in [6, 6.07) is 7.39. The summed E-state index contributed by atoms with van der Waals surface area (Å²) < 4.78 is 5.08. The summed E-state index contributed by atoms with van der Waals surface area (Å²) >= 11 is 0. The first-order valence-electron chi connectivity index (χ1n) is 4.97. The quantitative estimate of drug-likeness (QED) is 0.558. The molecule has 0 unspecified atom stereocenters. The van der Waals surface area contributed by atoms with Gasteiger partial charge in [0.1, 0.15) is 6.61 Å². The van der Waals surface area contributed by atoms with Crippen LogP contribution in [0.25, 0.3) is 0 Å². The third-order valence-corrected chi connectivity index (χ3v) is 1.96. The Labute approximate surface area is 90.6 Å². The van der Waals surface area contributed by atoms with Crippen molar-refractivity contribution < 1.29 is 9.53 Å². The largest absolute Gasteiger partial charge is 0.458 e. The molecule has 0 fully saturated rings. The maximum Gasteiger partial charge on any atom is 0.338 e. The molecule has 0 bridgehead atoms. The van der Waals surface area contributed by atoms with Crippen molar-refractivity contribution in [3.8, 4) is 0 Å². The summed E-state index contributed by atoms with van der Waals surface area (Å²) in [6.07, 6.45) is 1.88. The zero-order valence-corrected chi connectivity index (χ0v) is 9.41. The average Bonchev–Trinajstić information content (AvgIpc) is 2.17. The Bertz CT molecular complexity index is 374. The van der Waals surface area contributed by atoms with Crippen LogP contribution in [0.5, 0.6) is 0 Å². The predicted octanol–water partition coefficient (Wildman–Crippen LogP) is 3.12. The molecule has 0 saturated heterocycles. The Morgan fingerprint density at radius 3 is 2.73 bits per heavy atom. The van der Waals surface area contributed by atoms with E-state index in [1.54, 1.807) is 6.07 Å². The number of rotatable bonds is 3. The number of hydrogen-bond donors (Lipinski definition) is 0. The summed E-state index contributed by atoms with van der Waals surface area (Å²) in [6.45, 7) is 6.24. The van der Waals surface area contributed by atoms with E-state index < -0.39 is 0 Å². The molecular formula is C13H16O2. The van der Waals surface area contributed by atoms with Crippen molar-refractivity contribution in [2.24, 2.45) is 0 Å². The molecule has 1 aromatic carbocycles. The van der Waals surface area contributed by atoms with Crippen LogP contribution in [0.1, 0.15) is 29.8 Å². The first-order chi connectivity index (χ1) is 7.09. The fourth-order valence-corrected chi connectivity index (χ4v) is 1.14. The van der Waals surface area contributed by atoms with Crippen molar-refractivity contribution in [2.75, 3.05) is 6.61 Å². The lowest BCUT2D eigenvalue weighted by Gasteiger charge is -2.02. The highest BCUT2D eigenvalue weighted by Crippen LogP contribution is 2.05. The zero-order valence-electron chi connectivity index (χ0n) is 9.41. The number of carbonyl (C=O) groups is 1. The fraction of sp³-hybridized carbons (Fsp3) is 0.308. The molecule has 0 radical (unpaired) electrons. The minimum absolute atomic E-state index is 0.267. The highest BCUT2D eigenvalue weighted by molar-refractivity contribution is 5.89. The van der Waals surface area contributed by atoms with Gasteiger partial charge in [-0.05, 0) is 39.0 Å². The molecule has 2 nitrogen and oxygen atoms in total. The molecule has 0 amide bonds. The van der Waals surface area contributed by atoms with E-state index in [1.165, 1.54) is 0 Å². The SMILES string of the molecule is CC(C)=CCOC(=O)c1cccc(C)c1. The molecule has 0 aliphatic heterocycles. The molecule has 0 atom stereocenters. The lowest BCUT2D eigenvalue weighted by molar-refractivity contribution is 0.0549. The maximum atomic E-state index is 11.5. The molecule has 0 N–H and O–H groups in total. The van der Waals surface area contributed by atoms with Gasteiger partial charge in [0.2, 0.25) is 0 Å². The number of aryl methyl sites for hydroxylation is 1. The van der Waals surface area contributed by atoms with Crippen molar-refractivity contribution in [1.82, 2.24) is 0 Å². The normalized spacial score (nSPS) is 9.53. The molecular weight excluding hydrogens is 188 g/mol. The number of hydrogen-bond acceptors (Lipinski definition) is 2. The molecule has 1 aromatic rings. The van der Waals surface area contributed by atoms with E-state index in [0.29, 0.717) is 12.2 Å². The van der Waals surface area contributed by atoms with E-state index in [4.69, 9.17) is 4.74 Å². The molecule has 1 rings (SSSR count). The Hall–Kier alpha value is -1.57. The molecule has 0 spiro atoms. The van der Waals surface area contributed by atoms with E-state index >= 15 is 0 Å². The fourth-order valence-electron chi connectivity index (χ4n) is 1.14. The molecule has 0 aliphatic carbocycles. The van der Waals surface area contributed by atoms with Crippen LogP contribution >= 0.6 is 0 Å². The smallest absolute Gasteiger partial charge is 0.338 e. The van der Waals surface area contributed by atoms with E-state index in [1.807, 2.05) is 45.0 Å². The van der Waals surface area contributed by atoms with Crippen molar-refractivity contribution in [2.45, 2.75) is 20.8 Å². The van der Waals surface area contributed by atoms with Gasteiger partial charge in [0.25, 0.3) is 0 Å². The molecule has 0 saturated carbocycles. The lowest BCUT2D eigenvalue weighted by Crippen LogP contribution is -2.05. The van der Waals surface area contributed by atoms with Gasteiger partial charge in [-0.2, -0.15) is 0 Å². The van der Waals surface area contributed by atoms with Crippen molar-refractivity contribution in [3.05, 3.63) is 47.0 Å². The highest BCUT2D eigenvalue weighted by Gasteiger charge is 2.05. The van der Waals surface area contributed by atoms with Gasteiger partial charge in [0.15, 0.2) is 0 Å². The van der Waals surface area contributed by atoms with Crippen LogP contribution in [-0.2, 0) is 4.74 Å². The third-order valence-electron chi connectivity index (χ3n) is 1.96. The standard InChI is InChI=1S/C13H16O2/c1-10(2)7-8-15-13(14)12-6-4-5-11(3)9-12/h4-7,9H,8H2,1-3H3. The summed E-state index contributed by atoms with van der Waals surface area (Å²) in [7, 11) is 0. The molecule has 2 heteroatoms. The van der Waals surface area contributed by atoms with E-state index in [2.05, 4.69) is 0 Å². The monoisotopic (exact) mass is 204 g/mol. The Balaban J connectivity index is 2.58. The van der Waals surface area contributed by atoms with Gasteiger partial charge in [-0.1, -0.05) is 23.3 Å². The second-order valence-corrected chi connectivity index (χ2v) is 3.75. The minimum atomic E-state index is -0.267. The molecule has 80 valence electrons. The maximum absolute atomic E-state index is 11.5. The predicted molar refractivity (Wildman–Crippen MR) is 60.9 cm³/mol. The Morgan fingerprint density at radius 1 is 1.40 bits per heavy atom. The van der Waals surface area contributed by atoms with Crippen molar-refractivity contribution in [3.63, 3.8) is 0 Å². The van der Waals surface area contributed by atoms with Crippen LogP contribution in [0.2, 0.25) is 0 Å². The number of allylic oxidation sites excluding steroid dienone is 1. The molecule has 0 heterocycles. The number of ether oxygens (including phenoxy) is 1. The van der Waals surface area contributed by atoms with Crippen LogP contribution in [0.15, 0.2) is 35.9 Å². The van der Waals surface area contributed by atoms with Gasteiger partial charge in [0.05, 0.1) is 5.56 Å². The van der Waals surface area contributed by atoms with Gasteiger partial charge in [-0.3, -0.25) is 0 Å². The molecule has 0 aromatic heterocycles. The highest BCUT2D eigenvalue weighted by atomic mass is 16.5. The van der Waals surface area contributed by atoms with Gasteiger partial charge < -0.3 is 4.74 Å². The average molecular weight is 204 g/mol. The Morgan fingerprint density at radius 2 is 2.13 bits per heavy atom. The van der Waals surface area contributed by atoms with Crippen LogP contribution in [-0.4, -0.2) is 12.6 Å². The van der Waals surface area contributed by atoms with Crippen LogP contribution in [0.3, 0.4) is 0 Å². The second kappa shape index (κ2) is 5.35. The van der Waals surface area contributed by atoms with Gasteiger partial charge in [-0.15, -0.1) is 0 Å². The van der Waals surface area contributed by atoms with Gasteiger partial charge in [-0.25, -0.2) is 4.79 Å². The first-order valence-corrected chi connectivity index (χ1v) is 4.97. The topological polar surface area (TPSA) is 26.3 Å². The first kappa shape index (κ1) is 11.5. The zero-order chi connectivity index (χ0) is 11.3.